The van der Waals surface area contributed by atoms with Crippen LogP contribution in [0, 0.1) is 0 Å². The standard InChI is InChI=1S/C37H40N2O7/c1-38-14-12-23-19-30(43-4)34(40)36-32(23)26(38)16-21-6-9-25(10-7-21)45-29-18-22(8-11-28(29)42-3)17-27-33-24(13-15-39(27)2)20-31(44-5)35(41)37(33)46-36/h6-11,18-20,26-27,40-41H,12-17H2,1-5H3/t26-,27+/m1/s1. The summed E-state index contributed by atoms with van der Waals surface area (Å²) in [6.07, 6.45) is 2.78. The van der Waals surface area contributed by atoms with Crippen molar-refractivity contribution in [3.05, 3.63) is 88.0 Å². The summed E-state index contributed by atoms with van der Waals surface area (Å²) in [7, 11) is 8.90. The van der Waals surface area contributed by atoms with Crippen LogP contribution in [0.2, 0.25) is 0 Å². The SMILES string of the molecule is COc1ccc2cc1Oc1ccc(cc1)C[C@@H]1c3c(cc(OC)c(O)c3Oc3c(O)c(OC)cc4c3[C@H](C2)N(C)CC4)CCN1C. The molecule has 4 aliphatic rings. The molecule has 0 radical (unpaired) electrons. The predicted molar refractivity (Wildman–Crippen MR) is 174 cm³/mol. The van der Waals surface area contributed by atoms with Gasteiger partial charge >= 0.3 is 0 Å². The van der Waals surface area contributed by atoms with Crippen molar-refractivity contribution in [1.29, 1.82) is 0 Å². The molecule has 8 rings (SSSR count). The molecule has 4 aromatic rings. The summed E-state index contributed by atoms with van der Waals surface area (Å²) in [5, 5.41) is 23.5. The van der Waals surface area contributed by atoms with Crippen LogP contribution in [0.25, 0.3) is 0 Å². The van der Waals surface area contributed by atoms with Crippen molar-refractivity contribution in [1.82, 2.24) is 9.80 Å². The first kappa shape index (κ1) is 30.1. The highest BCUT2D eigenvalue weighted by Crippen LogP contribution is 2.54. The maximum Gasteiger partial charge on any atom is 0.201 e. The number of nitrogens with zero attached hydrogens (tertiary/aromatic N) is 2. The number of phenols is 2. The number of benzene rings is 4. The Labute approximate surface area is 269 Å². The molecule has 0 saturated heterocycles. The van der Waals surface area contributed by atoms with E-state index in [0.717, 1.165) is 59.3 Å². The van der Waals surface area contributed by atoms with Crippen molar-refractivity contribution < 1.29 is 33.9 Å². The first-order valence-electron chi connectivity index (χ1n) is 15.7. The van der Waals surface area contributed by atoms with Gasteiger partial charge in [-0.15, -0.1) is 0 Å². The summed E-state index contributed by atoms with van der Waals surface area (Å²) in [6.45, 7) is 1.64. The summed E-state index contributed by atoms with van der Waals surface area (Å²) in [5.74, 6) is 3.02. The van der Waals surface area contributed by atoms with Crippen LogP contribution in [0.15, 0.2) is 54.6 Å². The van der Waals surface area contributed by atoms with Crippen LogP contribution in [0.1, 0.15) is 45.5 Å². The van der Waals surface area contributed by atoms with E-state index in [2.05, 4.69) is 36.0 Å². The van der Waals surface area contributed by atoms with Crippen molar-refractivity contribution in [2.24, 2.45) is 0 Å². The number of phenolic OH excluding ortho intramolecular Hbond substituents is 2. The molecule has 4 aromatic carbocycles. The van der Waals surface area contributed by atoms with Crippen molar-refractivity contribution in [3.8, 4) is 51.7 Å². The Morgan fingerprint density at radius 3 is 1.65 bits per heavy atom. The van der Waals surface area contributed by atoms with E-state index in [4.69, 9.17) is 23.7 Å². The number of hydrogen-bond donors (Lipinski definition) is 2. The minimum Gasteiger partial charge on any atom is -0.502 e. The third kappa shape index (κ3) is 5.13. The van der Waals surface area contributed by atoms with Crippen LogP contribution in [0.3, 0.4) is 0 Å². The second-order valence-corrected chi connectivity index (χ2v) is 12.4. The Hall–Kier alpha value is -4.60. The second-order valence-electron chi connectivity index (χ2n) is 12.4. The molecular weight excluding hydrogens is 584 g/mol. The van der Waals surface area contributed by atoms with Crippen LogP contribution in [-0.2, 0) is 25.7 Å². The molecule has 0 fully saturated rings. The summed E-state index contributed by atoms with van der Waals surface area (Å²) >= 11 is 0. The van der Waals surface area contributed by atoms with Crippen LogP contribution in [0.4, 0.5) is 0 Å². The maximum atomic E-state index is 11.7. The lowest BCUT2D eigenvalue weighted by molar-refractivity contribution is 0.214. The maximum absolute atomic E-state index is 11.7. The zero-order chi connectivity index (χ0) is 32.1. The number of hydrogen-bond acceptors (Lipinski definition) is 9. The van der Waals surface area contributed by atoms with Gasteiger partial charge in [0.1, 0.15) is 5.75 Å². The lowest BCUT2D eigenvalue weighted by Gasteiger charge is -2.38. The topological polar surface area (TPSA) is 93.1 Å². The Bertz CT molecular complexity index is 1790. The molecule has 0 aromatic heterocycles. The van der Waals surface area contributed by atoms with E-state index in [1.165, 1.54) is 0 Å². The number of fused-ring (bicyclic) bond motifs is 2. The van der Waals surface area contributed by atoms with Gasteiger partial charge in [-0.05, 0) is 98.4 Å². The lowest BCUT2D eigenvalue weighted by atomic mass is 9.86. The highest BCUT2D eigenvalue weighted by Gasteiger charge is 2.36. The average Bonchev–Trinajstić information content (AvgIpc) is 3.06. The molecule has 0 spiro atoms. The third-order valence-corrected chi connectivity index (χ3v) is 9.77. The number of methoxy groups -OCH3 is 3. The van der Waals surface area contributed by atoms with Crippen LogP contribution in [-0.4, -0.2) is 68.5 Å². The van der Waals surface area contributed by atoms with Gasteiger partial charge in [-0.25, -0.2) is 0 Å². The summed E-state index contributed by atoms with van der Waals surface area (Å²) < 4.78 is 30.2. The summed E-state index contributed by atoms with van der Waals surface area (Å²) in [6, 6.07) is 17.6. The van der Waals surface area contributed by atoms with Gasteiger partial charge in [0.05, 0.1) is 21.3 Å². The van der Waals surface area contributed by atoms with E-state index < -0.39 is 0 Å². The fourth-order valence-corrected chi connectivity index (χ4v) is 7.20. The van der Waals surface area contributed by atoms with E-state index in [-0.39, 0.29) is 29.3 Å². The van der Waals surface area contributed by atoms with Crippen LogP contribution in [0.5, 0.6) is 51.7 Å². The molecule has 4 aliphatic heterocycles. The molecule has 0 unspecified atom stereocenters. The lowest BCUT2D eigenvalue weighted by Crippen LogP contribution is -2.34. The molecule has 4 heterocycles. The molecule has 2 atom stereocenters. The largest absolute Gasteiger partial charge is 0.502 e. The fraction of sp³-hybridized carbons (Fsp3) is 0.351. The minimum atomic E-state index is -0.159. The van der Waals surface area contributed by atoms with Gasteiger partial charge in [0.25, 0.3) is 0 Å². The molecular formula is C37H40N2O7. The molecule has 46 heavy (non-hydrogen) atoms. The first-order chi connectivity index (χ1) is 22.3. The highest BCUT2D eigenvalue weighted by molar-refractivity contribution is 5.66. The van der Waals surface area contributed by atoms with E-state index >= 15 is 0 Å². The van der Waals surface area contributed by atoms with Gasteiger partial charge in [-0.3, -0.25) is 9.80 Å². The monoisotopic (exact) mass is 624 g/mol. The van der Waals surface area contributed by atoms with E-state index in [9.17, 15) is 10.2 Å². The van der Waals surface area contributed by atoms with Crippen LogP contribution >= 0.6 is 0 Å². The Morgan fingerprint density at radius 1 is 0.630 bits per heavy atom. The number of aromatic hydroxyl groups is 2. The van der Waals surface area contributed by atoms with Crippen molar-refractivity contribution >= 4 is 0 Å². The molecule has 4 bridgehead atoms. The van der Waals surface area contributed by atoms with Gasteiger partial charge < -0.3 is 33.9 Å². The minimum absolute atomic E-state index is 0.0975. The predicted octanol–water partition coefficient (Wildman–Crippen LogP) is 6.57. The van der Waals surface area contributed by atoms with Crippen molar-refractivity contribution in [3.63, 3.8) is 0 Å². The second kappa shape index (κ2) is 12.0. The third-order valence-electron chi connectivity index (χ3n) is 9.77. The molecule has 9 heteroatoms. The van der Waals surface area contributed by atoms with Crippen molar-refractivity contribution in [2.45, 2.75) is 37.8 Å². The average molecular weight is 625 g/mol. The normalized spacial score (nSPS) is 19.2. The Morgan fingerprint density at radius 2 is 1.13 bits per heavy atom. The summed E-state index contributed by atoms with van der Waals surface area (Å²) in [5.41, 5.74) is 5.94. The first-order valence-corrected chi connectivity index (χ1v) is 15.7. The fourth-order valence-electron chi connectivity index (χ4n) is 7.20. The molecule has 240 valence electrons. The molecule has 9 nitrogen and oxygen atoms in total. The van der Waals surface area contributed by atoms with E-state index in [1.54, 1.807) is 21.3 Å². The van der Waals surface area contributed by atoms with Gasteiger partial charge in [0.15, 0.2) is 34.5 Å². The highest BCUT2D eigenvalue weighted by atomic mass is 16.5. The van der Waals surface area contributed by atoms with E-state index in [0.29, 0.717) is 47.3 Å². The van der Waals surface area contributed by atoms with Crippen LogP contribution < -0.4 is 23.7 Å². The molecule has 0 aliphatic carbocycles. The van der Waals surface area contributed by atoms with Crippen molar-refractivity contribution in [2.75, 3.05) is 48.5 Å². The summed E-state index contributed by atoms with van der Waals surface area (Å²) in [4.78, 5) is 4.56. The number of ether oxygens (including phenoxy) is 5. The van der Waals surface area contributed by atoms with Gasteiger partial charge in [0.2, 0.25) is 11.5 Å². The van der Waals surface area contributed by atoms with Gasteiger partial charge in [-0.1, -0.05) is 18.2 Å². The van der Waals surface area contributed by atoms with Gasteiger partial charge in [0, 0.05) is 36.3 Å². The zero-order valence-electron chi connectivity index (χ0n) is 26.9. The quantitative estimate of drug-likeness (QED) is 0.263. The zero-order valence-corrected chi connectivity index (χ0v) is 26.9. The Kier molecular flexibility index (Phi) is 7.82. The Balaban J connectivity index is 1.50. The van der Waals surface area contributed by atoms with Gasteiger partial charge in [-0.2, -0.15) is 0 Å². The smallest absolute Gasteiger partial charge is 0.201 e. The number of rotatable bonds is 3. The number of likely N-dealkylation sites (N-methyl/N-ethyl adjacent to an activating group) is 2. The van der Waals surface area contributed by atoms with E-state index in [1.807, 2.05) is 42.5 Å². The molecule has 0 amide bonds. The molecule has 2 N–H and O–H groups in total. The molecule has 0 saturated carbocycles.